The fourth-order valence-electron chi connectivity index (χ4n) is 1.71. The summed E-state index contributed by atoms with van der Waals surface area (Å²) < 4.78 is 44.3. The Morgan fingerprint density at radius 3 is 2.36 bits per heavy atom. The number of pyridine rings is 1. The number of halogens is 5. The van der Waals surface area contributed by atoms with E-state index in [9.17, 15) is 18.0 Å². The third kappa shape index (κ3) is 4.18. The maximum Gasteiger partial charge on any atom is 0.417 e. The topological polar surface area (TPSA) is 31.2 Å². The zero-order chi connectivity index (χ0) is 16.3. The van der Waals surface area contributed by atoms with Gasteiger partial charge in [-0.25, -0.2) is 0 Å². The molecule has 0 N–H and O–H groups in total. The lowest BCUT2D eigenvalue weighted by Crippen LogP contribution is -2.25. The van der Waals surface area contributed by atoms with Gasteiger partial charge in [-0.2, -0.15) is 13.2 Å². The highest BCUT2D eigenvalue weighted by atomic mass is 35.5. The molecule has 118 valence electrons. The van der Waals surface area contributed by atoms with Crippen molar-refractivity contribution in [2.45, 2.75) is 12.7 Å². The molecule has 0 fully saturated rings. The zero-order valence-electron chi connectivity index (χ0n) is 11.0. The predicted molar refractivity (Wildman–Crippen MR) is 77.7 cm³/mol. The van der Waals surface area contributed by atoms with E-state index < -0.39 is 22.3 Å². The molecule has 0 bridgehead atoms. The van der Waals surface area contributed by atoms with Gasteiger partial charge in [0.2, 0.25) is 0 Å². The number of ether oxygens (including phenoxy) is 1. The summed E-state index contributed by atoms with van der Waals surface area (Å²) in [6.45, 7) is -0.0513. The van der Waals surface area contributed by atoms with Crippen molar-refractivity contribution in [1.29, 1.82) is 0 Å². The first-order valence-electron chi connectivity index (χ1n) is 6.13. The molecule has 0 aliphatic rings. The molecule has 0 radical (unpaired) electrons. The van der Waals surface area contributed by atoms with Crippen molar-refractivity contribution in [2.24, 2.45) is 0 Å². The van der Waals surface area contributed by atoms with Gasteiger partial charge >= 0.3 is 6.18 Å². The minimum absolute atomic E-state index is 0.0131. The first kappa shape index (κ1) is 16.7. The van der Waals surface area contributed by atoms with E-state index in [1.54, 1.807) is 24.3 Å². The van der Waals surface area contributed by atoms with Crippen molar-refractivity contribution >= 4 is 23.2 Å². The summed E-state index contributed by atoms with van der Waals surface area (Å²) in [5, 5.41) is 0.0505. The molecular formula is C14H10Cl2F3NO2. The highest BCUT2D eigenvalue weighted by Gasteiger charge is 2.32. The van der Waals surface area contributed by atoms with Gasteiger partial charge in [-0.3, -0.25) is 4.79 Å². The minimum atomic E-state index is -4.57. The van der Waals surface area contributed by atoms with E-state index in [-0.39, 0.29) is 13.2 Å². The van der Waals surface area contributed by atoms with Crippen LogP contribution in [0.2, 0.25) is 10.0 Å². The van der Waals surface area contributed by atoms with Crippen LogP contribution < -0.4 is 10.3 Å². The largest absolute Gasteiger partial charge is 0.492 e. The zero-order valence-corrected chi connectivity index (χ0v) is 12.5. The van der Waals surface area contributed by atoms with E-state index in [0.717, 1.165) is 10.8 Å². The lowest BCUT2D eigenvalue weighted by atomic mass is 10.2. The maximum absolute atomic E-state index is 12.7. The lowest BCUT2D eigenvalue weighted by Gasteiger charge is -2.12. The van der Waals surface area contributed by atoms with Gasteiger partial charge in [-0.1, -0.05) is 23.2 Å². The average molecular weight is 352 g/mol. The van der Waals surface area contributed by atoms with Gasteiger partial charge in [-0.15, -0.1) is 0 Å². The number of hydrogen-bond donors (Lipinski definition) is 0. The van der Waals surface area contributed by atoms with E-state index in [2.05, 4.69) is 0 Å². The molecule has 1 heterocycles. The van der Waals surface area contributed by atoms with Gasteiger partial charge in [0.15, 0.2) is 0 Å². The fraction of sp³-hybridized carbons (Fsp3) is 0.214. The smallest absolute Gasteiger partial charge is 0.417 e. The van der Waals surface area contributed by atoms with Gasteiger partial charge in [0.05, 0.1) is 12.1 Å². The highest BCUT2D eigenvalue weighted by Crippen LogP contribution is 2.29. The molecule has 0 saturated carbocycles. The second-order valence-electron chi connectivity index (χ2n) is 4.38. The van der Waals surface area contributed by atoms with Crippen LogP contribution in [0.3, 0.4) is 0 Å². The molecule has 22 heavy (non-hydrogen) atoms. The number of alkyl halides is 3. The summed E-state index contributed by atoms with van der Waals surface area (Å²) in [4.78, 5) is 11.7. The normalized spacial score (nSPS) is 11.5. The van der Waals surface area contributed by atoms with Gasteiger partial charge in [-0.05, 0) is 30.3 Å². The Labute approximate surface area is 133 Å². The quantitative estimate of drug-likeness (QED) is 0.824. The Morgan fingerprint density at radius 2 is 1.77 bits per heavy atom. The van der Waals surface area contributed by atoms with Crippen LogP contribution >= 0.6 is 23.2 Å². The maximum atomic E-state index is 12.7. The summed E-state index contributed by atoms with van der Waals surface area (Å²) in [6, 6.07) is 7.07. The second-order valence-corrected chi connectivity index (χ2v) is 5.22. The summed E-state index contributed by atoms with van der Waals surface area (Å²) >= 11 is 11.3. The molecule has 0 aliphatic heterocycles. The van der Waals surface area contributed by atoms with E-state index in [4.69, 9.17) is 27.9 Å². The van der Waals surface area contributed by atoms with Crippen LogP contribution in [0, 0.1) is 0 Å². The molecule has 0 saturated heterocycles. The molecule has 1 aromatic heterocycles. The molecule has 3 nitrogen and oxygen atoms in total. The minimum Gasteiger partial charge on any atom is -0.492 e. The summed E-state index contributed by atoms with van der Waals surface area (Å²) in [5.74, 6) is 0.496. The number of benzene rings is 1. The van der Waals surface area contributed by atoms with Crippen LogP contribution in [0.15, 0.2) is 41.3 Å². The van der Waals surface area contributed by atoms with Gasteiger partial charge in [0.25, 0.3) is 5.56 Å². The molecule has 0 aliphatic carbocycles. The van der Waals surface area contributed by atoms with Crippen LogP contribution in [0.1, 0.15) is 5.56 Å². The van der Waals surface area contributed by atoms with Gasteiger partial charge in [0.1, 0.15) is 17.4 Å². The number of hydrogen-bond acceptors (Lipinski definition) is 2. The van der Waals surface area contributed by atoms with Crippen molar-refractivity contribution < 1.29 is 17.9 Å². The summed E-state index contributed by atoms with van der Waals surface area (Å²) in [5.41, 5.74) is -1.68. The monoisotopic (exact) mass is 351 g/mol. The molecular weight excluding hydrogens is 342 g/mol. The average Bonchev–Trinajstić information content (AvgIpc) is 2.44. The van der Waals surface area contributed by atoms with Crippen LogP contribution in [0.25, 0.3) is 0 Å². The summed E-state index contributed by atoms with van der Waals surface area (Å²) in [6.07, 6.45) is -3.85. The molecule has 0 unspecified atom stereocenters. The molecule has 2 aromatic rings. The Bertz CT molecular complexity index is 712. The SMILES string of the molecule is O=c1c(Cl)cc(C(F)(F)F)cn1CCOc1ccc(Cl)cc1. The Kier molecular flexibility index (Phi) is 5.03. The third-order valence-electron chi connectivity index (χ3n) is 2.78. The van der Waals surface area contributed by atoms with Crippen molar-refractivity contribution in [1.82, 2.24) is 4.57 Å². The number of nitrogens with zero attached hydrogens (tertiary/aromatic N) is 1. The first-order chi connectivity index (χ1) is 10.3. The van der Waals surface area contributed by atoms with Crippen molar-refractivity contribution in [3.63, 3.8) is 0 Å². The lowest BCUT2D eigenvalue weighted by molar-refractivity contribution is -0.138. The van der Waals surface area contributed by atoms with Crippen LogP contribution in [0.4, 0.5) is 13.2 Å². The van der Waals surface area contributed by atoms with Crippen molar-refractivity contribution in [3.8, 4) is 5.75 Å². The second kappa shape index (κ2) is 6.62. The Morgan fingerprint density at radius 1 is 1.14 bits per heavy atom. The van der Waals surface area contributed by atoms with Crippen molar-refractivity contribution in [3.05, 3.63) is 62.5 Å². The molecule has 0 atom stereocenters. The predicted octanol–water partition coefficient (Wildman–Crippen LogP) is 4.25. The molecule has 0 amide bonds. The van der Waals surface area contributed by atoms with E-state index in [0.29, 0.717) is 16.8 Å². The summed E-state index contributed by atoms with van der Waals surface area (Å²) in [7, 11) is 0. The van der Waals surface area contributed by atoms with Crippen molar-refractivity contribution in [2.75, 3.05) is 6.61 Å². The fourth-order valence-corrected chi connectivity index (χ4v) is 2.07. The van der Waals surface area contributed by atoms with Gasteiger partial charge < -0.3 is 9.30 Å². The van der Waals surface area contributed by atoms with E-state index >= 15 is 0 Å². The van der Waals surface area contributed by atoms with E-state index in [1.807, 2.05) is 0 Å². The van der Waals surface area contributed by atoms with Crippen LogP contribution in [-0.2, 0) is 12.7 Å². The molecule has 2 rings (SSSR count). The molecule has 0 spiro atoms. The molecule has 1 aromatic carbocycles. The molecule has 8 heteroatoms. The first-order valence-corrected chi connectivity index (χ1v) is 6.88. The Hall–Kier alpha value is -1.66. The van der Waals surface area contributed by atoms with Crippen LogP contribution in [-0.4, -0.2) is 11.2 Å². The number of aromatic nitrogens is 1. The van der Waals surface area contributed by atoms with Crippen LogP contribution in [0.5, 0.6) is 5.75 Å². The Balaban J connectivity index is 2.10. The van der Waals surface area contributed by atoms with Gasteiger partial charge in [0, 0.05) is 11.2 Å². The standard InChI is InChI=1S/C14H10Cl2F3NO2/c15-10-1-3-11(4-2-10)22-6-5-20-8-9(14(17,18)19)7-12(16)13(20)21/h1-4,7-8H,5-6H2. The van der Waals surface area contributed by atoms with E-state index in [1.165, 1.54) is 0 Å². The highest BCUT2D eigenvalue weighted by molar-refractivity contribution is 6.30. The third-order valence-corrected chi connectivity index (χ3v) is 3.31. The number of rotatable bonds is 4.